The molecule has 1 aliphatic rings. The van der Waals surface area contributed by atoms with Crippen LogP contribution in [0.1, 0.15) is 6.42 Å². The van der Waals surface area contributed by atoms with E-state index in [1.807, 2.05) is 0 Å². The minimum Gasteiger partial charge on any atom is -0.489 e. The normalized spacial score (nSPS) is 20.7. The Labute approximate surface area is 101 Å². The third-order valence-corrected chi connectivity index (χ3v) is 3.13. The molecule has 94 valence electrons. The maximum Gasteiger partial charge on any atom is 0.165 e. The SMILES string of the molecule is OCC1CCN(CCOc2ccccc2F)C1. The first-order valence-electron chi connectivity index (χ1n) is 6.00. The van der Waals surface area contributed by atoms with E-state index in [1.54, 1.807) is 18.2 Å². The second-order valence-corrected chi connectivity index (χ2v) is 4.42. The van der Waals surface area contributed by atoms with Crippen LogP contribution >= 0.6 is 0 Å². The number of hydrogen-bond acceptors (Lipinski definition) is 3. The summed E-state index contributed by atoms with van der Waals surface area (Å²) in [7, 11) is 0. The summed E-state index contributed by atoms with van der Waals surface area (Å²) in [5.74, 6) is 0.385. The standard InChI is InChI=1S/C13H18FNO2/c14-12-3-1-2-4-13(12)17-8-7-15-6-5-11(9-15)10-16/h1-4,11,16H,5-10H2. The highest BCUT2D eigenvalue weighted by Crippen LogP contribution is 2.17. The van der Waals surface area contributed by atoms with E-state index in [1.165, 1.54) is 6.07 Å². The van der Waals surface area contributed by atoms with E-state index in [2.05, 4.69) is 4.90 Å². The highest BCUT2D eigenvalue weighted by atomic mass is 19.1. The largest absolute Gasteiger partial charge is 0.489 e. The predicted molar refractivity (Wildman–Crippen MR) is 63.5 cm³/mol. The van der Waals surface area contributed by atoms with E-state index in [0.717, 1.165) is 26.1 Å². The highest BCUT2D eigenvalue weighted by molar-refractivity contribution is 5.23. The van der Waals surface area contributed by atoms with Gasteiger partial charge in [0.15, 0.2) is 11.6 Å². The summed E-state index contributed by atoms with van der Waals surface area (Å²) in [5, 5.41) is 9.02. The van der Waals surface area contributed by atoms with Gasteiger partial charge in [0.2, 0.25) is 0 Å². The van der Waals surface area contributed by atoms with E-state index in [9.17, 15) is 4.39 Å². The Kier molecular flexibility index (Phi) is 4.34. The second-order valence-electron chi connectivity index (χ2n) is 4.42. The Morgan fingerprint density at radius 1 is 1.41 bits per heavy atom. The van der Waals surface area contributed by atoms with Gasteiger partial charge >= 0.3 is 0 Å². The number of likely N-dealkylation sites (tertiary alicyclic amines) is 1. The van der Waals surface area contributed by atoms with Gasteiger partial charge in [-0.25, -0.2) is 4.39 Å². The van der Waals surface area contributed by atoms with Crippen molar-refractivity contribution in [3.63, 3.8) is 0 Å². The van der Waals surface area contributed by atoms with Crippen LogP contribution in [0.2, 0.25) is 0 Å². The Morgan fingerprint density at radius 3 is 2.94 bits per heavy atom. The van der Waals surface area contributed by atoms with E-state index in [0.29, 0.717) is 18.3 Å². The third kappa shape index (κ3) is 3.41. The fourth-order valence-electron chi connectivity index (χ4n) is 2.11. The molecule has 1 fully saturated rings. The monoisotopic (exact) mass is 239 g/mol. The molecule has 2 rings (SSSR count). The molecular weight excluding hydrogens is 221 g/mol. The van der Waals surface area contributed by atoms with Crippen LogP contribution in [-0.4, -0.2) is 42.9 Å². The first-order chi connectivity index (χ1) is 8.29. The summed E-state index contributed by atoms with van der Waals surface area (Å²) in [4.78, 5) is 2.24. The van der Waals surface area contributed by atoms with Crippen LogP contribution in [0.4, 0.5) is 4.39 Å². The number of nitrogens with zero attached hydrogens (tertiary/aromatic N) is 1. The fourth-order valence-corrected chi connectivity index (χ4v) is 2.11. The van der Waals surface area contributed by atoms with Crippen LogP contribution in [0.3, 0.4) is 0 Å². The molecule has 1 heterocycles. The molecule has 1 saturated heterocycles. The molecule has 1 aromatic carbocycles. The number of ether oxygens (including phenoxy) is 1. The zero-order chi connectivity index (χ0) is 12.1. The van der Waals surface area contributed by atoms with Crippen molar-refractivity contribution in [2.24, 2.45) is 5.92 Å². The number of para-hydroxylation sites is 1. The Bertz CT molecular complexity index is 359. The second kappa shape index (κ2) is 5.98. The maximum absolute atomic E-state index is 13.2. The van der Waals surface area contributed by atoms with Gasteiger partial charge in [0, 0.05) is 19.7 Å². The molecule has 0 spiro atoms. The summed E-state index contributed by atoms with van der Waals surface area (Å²) in [6.45, 7) is 3.43. The van der Waals surface area contributed by atoms with Crippen LogP contribution in [0.25, 0.3) is 0 Å². The van der Waals surface area contributed by atoms with Crippen molar-refractivity contribution in [2.45, 2.75) is 6.42 Å². The van der Waals surface area contributed by atoms with Crippen molar-refractivity contribution < 1.29 is 14.2 Å². The molecular formula is C13H18FNO2. The highest BCUT2D eigenvalue weighted by Gasteiger charge is 2.21. The molecule has 0 radical (unpaired) electrons. The minimum absolute atomic E-state index is 0.255. The summed E-state index contributed by atoms with van der Waals surface area (Å²) in [6.07, 6.45) is 1.04. The lowest BCUT2D eigenvalue weighted by molar-refractivity contribution is 0.202. The molecule has 3 nitrogen and oxygen atoms in total. The molecule has 0 saturated carbocycles. The van der Waals surface area contributed by atoms with Gasteiger partial charge in [-0.3, -0.25) is 4.90 Å². The average molecular weight is 239 g/mol. The zero-order valence-corrected chi connectivity index (χ0v) is 9.81. The van der Waals surface area contributed by atoms with Gasteiger partial charge in [0.05, 0.1) is 0 Å². The van der Waals surface area contributed by atoms with Crippen LogP contribution in [-0.2, 0) is 0 Å². The number of hydrogen-bond donors (Lipinski definition) is 1. The van der Waals surface area contributed by atoms with Gasteiger partial charge in [-0.2, -0.15) is 0 Å². The average Bonchev–Trinajstić information content (AvgIpc) is 2.80. The molecule has 1 atom stereocenters. The number of aliphatic hydroxyl groups is 1. The molecule has 0 amide bonds. The van der Waals surface area contributed by atoms with Crippen LogP contribution < -0.4 is 4.74 Å². The molecule has 0 aliphatic carbocycles. The molecule has 17 heavy (non-hydrogen) atoms. The predicted octanol–water partition coefficient (Wildman–Crippen LogP) is 1.52. The lowest BCUT2D eigenvalue weighted by Crippen LogP contribution is -2.26. The summed E-state index contributed by atoms with van der Waals surface area (Å²) in [6, 6.07) is 6.44. The molecule has 1 N–H and O–H groups in total. The molecule has 0 bridgehead atoms. The van der Waals surface area contributed by atoms with Crippen molar-refractivity contribution in [1.29, 1.82) is 0 Å². The van der Waals surface area contributed by atoms with Gasteiger partial charge in [0.1, 0.15) is 6.61 Å². The van der Waals surface area contributed by atoms with Gasteiger partial charge in [-0.1, -0.05) is 12.1 Å². The minimum atomic E-state index is -0.317. The third-order valence-electron chi connectivity index (χ3n) is 3.13. The molecule has 1 aliphatic heterocycles. The Morgan fingerprint density at radius 2 is 2.24 bits per heavy atom. The first-order valence-corrected chi connectivity index (χ1v) is 6.00. The van der Waals surface area contributed by atoms with Gasteiger partial charge in [-0.05, 0) is 31.0 Å². The van der Waals surface area contributed by atoms with Gasteiger partial charge < -0.3 is 9.84 Å². The lowest BCUT2D eigenvalue weighted by Gasteiger charge is -2.16. The van der Waals surface area contributed by atoms with Crippen molar-refractivity contribution in [3.8, 4) is 5.75 Å². The van der Waals surface area contributed by atoms with Crippen LogP contribution in [0.5, 0.6) is 5.75 Å². The smallest absolute Gasteiger partial charge is 0.165 e. The summed E-state index contributed by atoms with van der Waals surface area (Å²) >= 11 is 0. The van der Waals surface area contributed by atoms with Crippen molar-refractivity contribution in [1.82, 2.24) is 4.90 Å². The lowest BCUT2D eigenvalue weighted by atomic mass is 10.1. The summed E-state index contributed by atoms with van der Waals surface area (Å²) in [5.41, 5.74) is 0. The zero-order valence-electron chi connectivity index (χ0n) is 9.81. The topological polar surface area (TPSA) is 32.7 Å². The van der Waals surface area contributed by atoms with Gasteiger partial charge in [-0.15, -0.1) is 0 Å². The van der Waals surface area contributed by atoms with Crippen molar-refractivity contribution in [2.75, 3.05) is 32.8 Å². The van der Waals surface area contributed by atoms with E-state index < -0.39 is 0 Å². The van der Waals surface area contributed by atoms with E-state index in [4.69, 9.17) is 9.84 Å². The Hall–Kier alpha value is -1.13. The molecule has 4 heteroatoms. The van der Waals surface area contributed by atoms with Crippen LogP contribution in [0, 0.1) is 11.7 Å². The summed E-state index contributed by atoms with van der Waals surface area (Å²) < 4.78 is 18.6. The fraction of sp³-hybridized carbons (Fsp3) is 0.538. The molecule has 0 aromatic heterocycles. The number of benzene rings is 1. The maximum atomic E-state index is 13.2. The molecule has 1 unspecified atom stereocenters. The Balaban J connectivity index is 1.72. The number of rotatable bonds is 5. The van der Waals surface area contributed by atoms with E-state index >= 15 is 0 Å². The van der Waals surface area contributed by atoms with Gasteiger partial charge in [0.25, 0.3) is 0 Å². The van der Waals surface area contributed by atoms with Crippen LogP contribution in [0.15, 0.2) is 24.3 Å². The van der Waals surface area contributed by atoms with E-state index in [-0.39, 0.29) is 12.4 Å². The first kappa shape index (κ1) is 12.3. The quantitative estimate of drug-likeness (QED) is 0.845. The number of halogens is 1. The van der Waals surface area contributed by atoms with Crippen molar-refractivity contribution >= 4 is 0 Å². The van der Waals surface area contributed by atoms with Crippen molar-refractivity contribution in [3.05, 3.63) is 30.1 Å². The molecule has 1 aromatic rings. The number of aliphatic hydroxyl groups excluding tert-OH is 1.